The number of para-hydroxylation sites is 1. The van der Waals surface area contributed by atoms with Gasteiger partial charge in [-0.2, -0.15) is 4.31 Å². The first-order chi connectivity index (χ1) is 7.01. The van der Waals surface area contributed by atoms with Crippen molar-refractivity contribution < 1.29 is 13.2 Å². The Bertz CT molecular complexity index is 469. The Morgan fingerprint density at radius 2 is 2.07 bits per heavy atom. The van der Waals surface area contributed by atoms with Crippen LogP contribution in [0.2, 0.25) is 0 Å². The highest BCUT2D eigenvalue weighted by atomic mass is 32.2. The minimum Gasteiger partial charge on any atom is -0.488 e. The van der Waals surface area contributed by atoms with Crippen LogP contribution in [0.3, 0.4) is 0 Å². The molecule has 0 N–H and O–H groups in total. The summed E-state index contributed by atoms with van der Waals surface area (Å²) in [5, 5.41) is 0. The second kappa shape index (κ2) is 3.50. The van der Waals surface area contributed by atoms with E-state index >= 15 is 0 Å². The van der Waals surface area contributed by atoms with Crippen LogP contribution in [0.5, 0.6) is 5.75 Å². The topological polar surface area (TPSA) is 46.6 Å². The number of ether oxygens (including phenoxy) is 1. The molecule has 0 aliphatic carbocycles. The Kier molecular flexibility index (Phi) is 2.44. The summed E-state index contributed by atoms with van der Waals surface area (Å²) in [6, 6.07) is 6.72. The van der Waals surface area contributed by atoms with Gasteiger partial charge in [-0.3, -0.25) is 0 Å². The zero-order chi connectivity index (χ0) is 11.1. The van der Waals surface area contributed by atoms with Crippen LogP contribution < -0.4 is 4.74 Å². The molecular formula is C10H13NO3S. The summed E-state index contributed by atoms with van der Waals surface area (Å²) in [5.41, 5.74) is 0. The molecule has 1 aromatic carbocycles. The maximum atomic E-state index is 12.0. The highest BCUT2D eigenvalue weighted by molar-refractivity contribution is 7.89. The third-order valence-corrected chi connectivity index (χ3v) is 4.24. The zero-order valence-electron chi connectivity index (χ0n) is 8.67. The van der Waals surface area contributed by atoms with Crippen molar-refractivity contribution in [3.8, 4) is 5.75 Å². The molecule has 0 fully saturated rings. The predicted octanol–water partition coefficient (Wildman–Crippen LogP) is 1.09. The van der Waals surface area contributed by atoms with Gasteiger partial charge in [-0.15, -0.1) is 0 Å². The lowest BCUT2D eigenvalue weighted by atomic mass is 10.3. The third kappa shape index (κ3) is 1.72. The van der Waals surface area contributed by atoms with E-state index in [4.69, 9.17) is 4.74 Å². The van der Waals surface area contributed by atoms with E-state index in [2.05, 4.69) is 0 Å². The van der Waals surface area contributed by atoms with Crippen LogP contribution in [0, 0.1) is 0 Å². The molecule has 1 aromatic rings. The summed E-state index contributed by atoms with van der Waals surface area (Å²) in [7, 11) is -1.82. The van der Waals surface area contributed by atoms with Gasteiger partial charge < -0.3 is 4.74 Å². The van der Waals surface area contributed by atoms with E-state index in [0.717, 1.165) is 0 Å². The standard InChI is InChI=1S/C10H13NO3S/c1-8-7-11(2)15(12,13)10-6-4-3-5-9(10)14-8/h3-6,8H,7H2,1-2H3. The van der Waals surface area contributed by atoms with Crippen LogP contribution in [0.25, 0.3) is 0 Å². The van der Waals surface area contributed by atoms with Gasteiger partial charge in [0.1, 0.15) is 16.7 Å². The first kappa shape index (κ1) is 10.4. The van der Waals surface area contributed by atoms with Gasteiger partial charge in [0, 0.05) is 7.05 Å². The summed E-state index contributed by atoms with van der Waals surface area (Å²) in [6.07, 6.45) is -0.131. The molecule has 5 heteroatoms. The second-order valence-corrected chi connectivity index (χ2v) is 5.67. The van der Waals surface area contributed by atoms with Crippen molar-refractivity contribution in [3.63, 3.8) is 0 Å². The lowest BCUT2D eigenvalue weighted by Gasteiger charge is -2.15. The molecule has 2 rings (SSSR count). The number of hydrogen-bond acceptors (Lipinski definition) is 3. The van der Waals surface area contributed by atoms with E-state index in [-0.39, 0.29) is 11.0 Å². The van der Waals surface area contributed by atoms with Gasteiger partial charge in [-0.1, -0.05) is 12.1 Å². The van der Waals surface area contributed by atoms with E-state index in [1.807, 2.05) is 6.92 Å². The minimum atomic E-state index is -3.38. The Morgan fingerprint density at radius 3 is 2.80 bits per heavy atom. The van der Waals surface area contributed by atoms with Gasteiger partial charge in [-0.05, 0) is 19.1 Å². The number of likely N-dealkylation sites (N-methyl/N-ethyl adjacent to an activating group) is 1. The maximum absolute atomic E-state index is 12.0. The summed E-state index contributed by atoms with van der Waals surface area (Å²) >= 11 is 0. The fraction of sp³-hybridized carbons (Fsp3) is 0.400. The van der Waals surface area contributed by atoms with Gasteiger partial charge in [0.05, 0.1) is 6.54 Å². The molecule has 15 heavy (non-hydrogen) atoms. The molecule has 0 bridgehead atoms. The molecule has 1 atom stereocenters. The van der Waals surface area contributed by atoms with Crippen LogP contribution in [0.15, 0.2) is 29.2 Å². The van der Waals surface area contributed by atoms with Gasteiger partial charge in [-0.25, -0.2) is 8.42 Å². The normalized spacial score (nSPS) is 25.1. The lowest BCUT2D eigenvalue weighted by molar-refractivity contribution is 0.200. The largest absolute Gasteiger partial charge is 0.488 e. The quantitative estimate of drug-likeness (QED) is 0.666. The minimum absolute atomic E-state index is 0.131. The molecule has 0 saturated carbocycles. The SMILES string of the molecule is CC1CN(C)S(=O)(=O)c2ccccc2O1. The van der Waals surface area contributed by atoms with Gasteiger partial charge >= 0.3 is 0 Å². The van der Waals surface area contributed by atoms with Crippen LogP contribution in [-0.4, -0.2) is 32.4 Å². The molecule has 4 nitrogen and oxygen atoms in total. The Hall–Kier alpha value is -1.07. The summed E-state index contributed by atoms with van der Waals surface area (Å²) in [6.45, 7) is 2.23. The first-order valence-electron chi connectivity index (χ1n) is 4.74. The number of nitrogens with zero attached hydrogens (tertiary/aromatic N) is 1. The molecule has 82 valence electrons. The number of hydrogen-bond donors (Lipinski definition) is 0. The predicted molar refractivity (Wildman–Crippen MR) is 56.3 cm³/mol. The molecule has 0 spiro atoms. The van der Waals surface area contributed by atoms with Crippen molar-refractivity contribution in [1.29, 1.82) is 0 Å². The van der Waals surface area contributed by atoms with Crippen LogP contribution in [-0.2, 0) is 10.0 Å². The van der Waals surface area contributed by atoms with Gasteiger partial charge in [0.15, 0.2) is 0 Å². The van der Waals surface area contributed by atoms with E-state index in [0.29, 0.717) is 12.3 Å². The van der Waals surface area contributed by atoms with Crippen molar-refractivity contribution in [2.24, 2.45) is 0 Å². The van der Waals surface area contributed by atoms with Crippen molar-refractivity contribution >= 4 is 10.0 Å². The first-order valence-corrected chi connectivity index (χ1v) is 6.18. The molecule has 0 radical (unpaired) electrons. The van der Waals surface area contributed by atoms with E-state index in [1.54, 1.807) is 31.3 Å². The smallest absolute Gasteiger partial charge is 0.246 e. The zero-order valence-corrected chi connectivity index (χ0v) is 9.49. The Labute approximate surface area is 89.5 Å². The molecular weight excluding hydrogens is 214 g/mol. The van der Waals surface area contributed by atoms with Crippen LogP contribution >= 0.6 is 0 Å². The molecule has 0 saturated heterocycles. The van der Waals surface area contributed by atoms with Gasteiger partial charge in [0.2, 0.25) is 10.0 Å². The summed E-state index contributed by atoms with van der Waals surface area (Å²) in [5.74, 6) is 0.439. The Morgan fingerprint density at radius 1 is 1.40 bits per heavy atom. The van der Waals surface area contributed by atoms with Crippen molar-refractivity contribution in [2.45, 2.75) is 17.9 Å². The molecule has 1 heterocycles. The molecule has 1 aliphatic rings. The lowest BCUT2D eigenvalue weighted by Crippen LogP contribution is -2.32. The van der Waals surface area contributed by atoms with Crippen LogP contribution in [0.4, 0.5) is 0 Å². The van der Waals surface area contributed by atoms with E-state index < -0.39 is 10.0 Å². The average Bonchev–Trinajstić information content (AvgIpc) is 2.24. The third-order valence-electron chi connectivity index (χ3n) is 2.38. The van der Waals surface area contributed by atoms with Crippen molar-refractivity contribution in [3.05, 3.63) is 24.3 Å². The molecule has 0 aromatic heterocycles. The highest BCUT2D eigenvalue weighted by Crippen LogP contribution is 2.29. The second-order valence-electron chi connectivity index (χ2n) is 3.66. The number of sulfonamides is 1. The average molecular weight is 227 g/mol. The van der Waals surface area contributed by atoms with Gasteiger partial charge in [0.25, 0.3) is 0 Å². The maximum Gasteiger partial charge on any atom is 0.246 e. The highest BCUT2D eigenvalue weighted by Gasteiger charge is 2.30. The molecule has 1 aliphatic heterocycles. The van der Waals surface area contributed by atoms with Crippen LogP contribution in [0.1, 0.15) is 6.92 Å². The number of fused-ring (bicyclic) bond motifs is 1. The fourth-order valence-electron chi connectivity index (χ4n) is 1.64. The number of rotatable bonds is 0. The molecule has 1 unspecified atom stereocenters. The van der Waals surface area contributed by atoms with Crippen molar-refractivity contribution in [1.82, 2.24) is 4.31 Å². The molecule has 0 amide bonds. The summed E-state index contributed by atoms with van der Waals surface area (Å²) in [4.78, 5) is 0.247. The van der Waals surface area contributed by atoms with E-state index in [9.17, 15) is 8.42 Å². The summed E-state index contributed by atoms with van der Waals surface area (Å²) < 4.78 is 30.9. The number of benzene rings is 1. The van der Waals surface area contributed by atoms with E-state index in [1.165, 1.54) is 4.31 Å². The monoisotopic (exact) mass is 227 g/mol. The fourth-order valence-corrected chi connectivity index (χ4v) is 3.01. The Balaban J connectivity index is 2.63. The van der Waals surface area contributed by atoms with Crippen molar-refractivity contribution in [2.75, 3.05) is 13.6 Å².